The zero-order chi connectivity index (χ0) is 25.6. The largest absolute Gasteiger partial charge is 0.477 e. The van der Waals surface area contributed by atoms with Crippen LogP contribution in [-0.2, 0) is 25.8 Å². The van der Waals surface area contributed by atoms with Crippen molar-refractivity contribution in [3.8, 4) is 0 Å². The number of aliphatic carboxylic acids is 1. The van der Waals surface area contributed by atoms with Gasteiger partial charge in [0.2, 0.25) is 0 Å². The standard InChI is InChI=1S/C20H18N8O6S2/c1-33-26-12(10-7-36-20(22)24-10)15(29)25-13-16(30)28-14(18(31)32)8(6-35-17(13)28)4-27-3-2-11-9(5-27)23-19(21)34-11/h2-3,5,7,13,17H,4,6H2,1H3,(H5-,21,22,23,24,25,29,31,32)/p+1/t13?,17-/m0/s1. The van der Waals surface area contributed by atoms with E-state index in [1.54, 1.807) is 23.0 Å². The molecule has 3 aromatic rings. The van der Waals surface area contributed by atoms with E-state index in [2.05, 4.69) is 20.4 Å². The van der Waals surface area contributed by atoms with E-state index in [4.69, 9.17) is 20.7 Å². The van der Waals surface area contributed by atoms with Gasteiger partial charge in [0.1, 0.15) is 29.9 Å². The lowest BCUT2D eigenvalue weighted by atomic mass is 10.0. The van der Waals surface area contributed by atoms with Gasteiger partial charge in [-0.15, -0.1) is 23.1 Å². The van der Waals surface area contributed by atoms with Crippen molar-refractivity contribution < 1.29 is 33.3 Å². The second-order valence-corrected chi connectivity index (χ2v) is 9.73. The Bertz CT molecular complexity index is 1460. The number of nitrogens with one attached hydrogen (secondary N) is 1. The highest BCUT2D eigenvalue weighted by molar-refractivity contribution is 8.00. The molecule has 1 saturated heterocycles. The summed E-state index contributed by atoms with van der Waals surface area (Å²) in [6.07, 6.45) is 3.39. The molecule has 36 heavy (non-hydrogen) atoms. The predicted octanol–water partition coefficient (Wildman–Crippen LogP) is -0.474. The molecule has 0 radical (unpaired) electrons. The summed E-state index contributed by atoms with van der Waals surface area (Å²) in [6.45, 7) is 0.209. The molecule has 2 aliphatic rings. The lowest BCUT2D eigenvalue weighted by Gasteiger charge is -2.49. The number of nitrogen functional groups attached to an aromatic ring is 2. The number of oxazole rings is 1. The number of fused-ring (bicyclic) bond motifs is 2. The second kappa shape index (κ2) is 9.12. The van der Waals surface area contributed by atoms with Crippen molar-refractivity contribution in [3.63, 3.8) is 0 Å². The van der Waals surface area contributed by atoms with Crippen molar-refractivity contribution in [2.24, 2.45) is 5.16 Å². The van der Waals surface area contributed by atoms with E-state index >= 15 is 0 Å². The number of oxime groups is 1. The average Bonchev–Trinajstić information content (AvgIpc) is 3.44. The number of thiazole rings is 1. The Labute approximate surface area is 210 Å². The van der Waals surface area contributed by atoms with E-state index < -0.39 is 29.2 Å². The van der Waals surface area contributed by atoms with Gasteiger partial charge in [-0.25, -0.2) is 9.78 Å². The molecule has 1 unspecified atom stereocenters. The van der Waals surface area contributed by atoms with Crippen molar-refractivity contribution in [1.82, 2.24) is 20.2 Å². The molecule has 2 atom stereocenters. The molecule has 3 aromatic heterocycles. The van der Waals surface area contributed by atoms with Gasteiger partial charge in [-0.2, -0.15) is 9.55 Å². The van der Waals surface area contributed by atoms with Crippen molar-refractivity contribution in [1.29, 1.82) is 0 Å². The maximum Gasteiger partial charge on any atom is 0.352 e. The zero-order valence-electron chi connectivity index (χ0n) is 18.6. The molecule has 0 aromatic carbocycles. The Balaban J connectivity index is 1.36. The summed E-state index contributed by atoms with van der Waals surface area (Å²) in [7, 11) is 1.27. The van der Waals surface area contributed by atoms with Crippen molar-refractivity contribution >= 4 is 68.8 Å². The van der Waals surface area contributed by atoms with Gasteiger partial charge in [-0.05, 0) is 0 Å². The van der Waals surface area contributed by atoms with Crippen LogP contribution in [0, 0.1) is 0 Å². The van der Waals surface area contributed by atoms with Crippen LogP contribution in [0.2, 0.25) is 0 Å². The fraction of sp³-hybridized carbons (Fsp3) is 0.250. The fourth-order valence-electron chi connectivity index (χ4n) is 3.96. The topological polar surface area (TPSA) is 203 Å². The zero-order valence-corrected chi connectivity index (χ0v) is 20.2. The number of carbonyl (C=O) groups excluding carboxylic acids is 2. The van der Waals surface area contributed by atoms with Gasteiger partial charge in [0.15, 0.2) is 40.9 Å². The number of amides is 2. The number of carboxylic acid groups (broad SMARTS) is 1. The van der Waals surface area contributed by atoms with Crippen LogP contribution in [0.5, 0.6) is 0 Å². The molecule has 16 heteroatoms. The van der Waals surface area contributed by atoms with E-state index in [1.165, 1.54) is 29.2 Å². The van der Waals surface area contributed by atoms with Crippen LogP contribution in [0.15, 0.2) is 44.7 Å². The smallest absolute Gasteiger partial charge is 0.352 e. The number of carboxylic acids is 1. The van der Waals surface area contributed by atoms with E-state index in [9.17, 15) is 19.5 Å². The van der Waals surface area contributed by atoms with E-state index in [1.807, 2.05) is 0 Å². The molecule has 14 nitrogen and oxygen atoms in total. The van der Waals surface area contributed by atoms with Crippen LogP contribution in [0.25, 0.3) is 11.1 Å². The minimum absolute atomic E-state index is 0.0282. The van der Waals surface area contributed by atoms with Crippen LogP contribution in [0.1, 0.15) is 5.69 Å². The minimum atomic E-state index is -1.24. The van der Waals surface area contributed by atoms with Crippen molar-refractivity contribution in [2.75, 3.05) is 24.3 Å². The molecular formula is C20H19N8O6S2+. The van der Waals surface area contributed by atoms with Crippen LogP contribution in [0.3, 0.4) is 0 Å². The summed E-state index contributed by atoms with van der Waals surface area (Å²) in [6, 6.07) is 0.757. The number of pyridine rings is 1. The third-order valence-corrected chi connectivity index (χ3v) is 7.49. The molecule has 5 heterocycles. The Morgan fingerprint density at radius 1 is 1.42 bits per heavy atom. The fourth-order valence-corrected chi connectivity index (χ4v) is 5.85. The van der Waals surface area contributed by atoms with Crippen LogP contribution in [0.4, 0.5) is 11.1 Å². The molecule has 2 aliphatic heterocycles. The number of nitrogens with two attached hydrogens (primary N) is 2. The van der Waals surface area contributed by atoms with Gasteiger partial charge in [-0.3, -0.25) is 14.5 Å². The summed E-state index contributed by atoms with van der Waals surface area (Å²) in [5, 5.41) is 17.4. The van der Waals surface area contributed by atoms with Gasteiger partial charge in [0, 0.05) is 22.8 Å². The minimum Gasteiger partial charge on any atom is -0.477 e. The Morgan fingerprint density at radius 2 is 2.22 bits per heavy atom. The lowest BCUT2D eigenvalue weighted by Crippen LogP contribution is -2.71. The maximum atomic E-state index is 13.0. The van der Waals surface area contributed by atoms with Crippen molar-refractivity contribution in [2.45, 2.75) is 18.0 Å². The summed E-state index contributed by atoms with van der Waals surface area (Å²) < 4.78 is 7.00. The van der Waals surface area contributed by atoms with Gasteiger partial charge in [-0.1, -0.05) is 5.16 Å². The number of carbonyl (C=O) groups is 3. The molecule has 6 N–H and O–H groups in total. The number of β-lactam (4-membered cyclic amide) rings is 1. The monoisotopic (exact) mass is 531 g/mol. The normalized spacial score (nSPS) is 19.8. The second-order valence-electron chi connectivity index (χ2n) is 7.73. The number of rotatable bonds is 7. The van der Waals surface area contributed by atoms with Gasteiger partial charge in [0.25, 0.3) is 17.8 Å². The summed E-state index contributed by atoms with van der Waals surface area (Å²) >= 11 is 2.47. The number of hydrogen-bond acceptors (Lipinski definition) is 12. The van der Waals surface area contributed by atoms with Crippen LogP contribution >= 0.6 is 23.1 Å². The Morgan fingerprint density at radius 3 is 2.92 bits per heavy atom. The molecule has 186 valence electrons. The molecule has 0 saturated carbocycles. The molecule has 0 bridgehead atoms. The third-order valence-electron chi connectivity index (χ3n) is 5.48. The van der Waals surface area contributed by atoms with E-state index in [0.717, 1.165) is 11.3 Å². The third kappa shape index (κ3) is 4.09. The number of nitrogens with zero attached hydrogens (tertiary/aromatic N) is 5. The first-order valence-electron chi connectivity index (χ1n) is 10.3. The van der Waals surface area contributed by atoms with Crippen molar-refractivity contribution in [3.05, 3.63) is 40.8 Å². The van der Waals surface area contributed by atoms with Crippen LogP contribution in [-0.4, -0.2) is 67.7 Å². The maximum absolute atomic E-state index is 13.0. The SMILES string of the molecule is CON=C(C(=O)NC1C(=O)N2C(C(=O)O)=C(C[n+]3ccc4oc(N)nc4c3)CS[C@@H]12)c1csc(N)n1. The lowest BCUT2D eigenvalue weighted by molar-refractivity contribution is -0.687. The molecule has 2 amide bonds. The molecular weight excluding hydrogens is 512 g/mol. The Kier molecular flexibility index (Phi) is 5.97. The molecule has 0 aliphatic carbocycles. The summed E-state index contributed by atoms with van der Waals surface area (Å²) in [4.78, 5) is 52.1. The van der Waals surface area contributed by atoms with Gasteiger partial charge >= 0.3 is 5.97 Å². The number of anilines is 2. The van der Waals surface area contributed by atoms with Gasteiger partial charge in [0.05, 0.1) is 0 Å². The molecule has 0 spiro atoms. The highest BCUT2D eigenvalue weighted by atomic mass is 32.2. The first kappa shape index (κ1) is 23.6. The summed E-state index contributed by atoms with van der Waals surface area (Å²) in [5.41, 5.74) is 12.7. The predicted molar refractivity (Wildman–Crippen MR) is 128 cm³/mol. The summed E-state index contributed by atoms with van der Waals surface area (Å²) in [5.74, 6) is -2.14. The molecule has 5 rings (SSSR count). The quantitative estimate of drug-likeness (QED) is 0.133. The van der Waals surface area contributed by atoms with E-state index in [-0.39, 0.29) is 34.8 Å². The van der Waals surface area contributed by atoms with E-state index in [0.29, 0.717) is 22.4 Å². The average molecular weight is 532 g/mol. The first-order chi connectivity index (χ1) is 17.3. The van der Waals surface area contributed by atoms with Gasteiger partial charge < -0.3 is 31.1 Å². The number of aromatic nitrogens is 3. The highest BCUT2D eigenvalue weighted by Gasteiger charge is 2.54. The highest BCUT2D eigenvalue weighted by Crippen LogP contribution is 2.40. The first-order valence-corrected chi connectivity index (χ1v) is 12.3. The number of hydrogen-bond donors (Lipinski definition) is 4. The van der Waals surface area contributed by atoms with Crippen LogP contribution < -0.4 is 21.4 Å². The number of thioether (sulfide) groups is 1. The molecule has 1 fully saturated rings. The Hall–Kier alpha value is -4.18.